The van der Waals surface area contributed by atoms with Gasteiger partial charge in [-0.2, -0.15) is 0 Å². The molecular formula is C23H23F2N3O2. The number of benzene rings is 2. The average Bonchev–Trinajstić information content (AvgIpc) is 3.09. The Morgan fingerprint density at radius 1 is 1.20 bits per heavy atom. The van der Waals surface area contributed by atoms with Gasteiger partial charge in [0.05, 0.1) is 0 Å². The summed E-state index contributed by atoms with van der Waals surface area (Å²) in [7, 11) is 0. The number of H-pyrrole nitrogens is 1. The molecule has 2 atom stereocenters. The summed E-state index contributed by atoms with van der Waals surface area (Å²) >= 11 is 0. The van der Waals surface area contributed by atoms with E-state index in [0.717, 1.165) is 36.7 Å². The van der Waals surface area contributed by atoms with Crippen molar-refractivity contribution in [3.05, 3.63) is 64.4 Å². The second-order valence-electron chi connectivity index (χ2n) is 8.27. The van der Waals surface area contributed by atoms with Gasteiger partial charge in [-0.3, -0.25) is 4.79 Å². The molecule has 1 aliphatic carbocycles. The van der Waals surface area contributed by atoms with Crippen LogP contribution in [0.3, 0.4) is 0 Å². The second kappa shape index (κ2) is 7.40. The molecule has 0 saturated heterocycles. The molecule has 1 unspecified atom stereocenters. The van der Waals surface area contributed by atoms with E-state index in [4.69, 9.17) is 10.5 Å². The zero-order chi connectivity index (χ0) is 20.8. The highest BCUT2D eigenvalue weighted by molar-refractivity contribution is 5.95. The first-order valence-corrected chi connectivity index (χ1v) is 10.3. The van der Waals surface area contributed by atoms with Gasteiger partial charge >= 0.3 is 0 Å². The fraction of sp³-hybridized carbons (Fsp3) is 0.348. The molecule has 5 rings (SSSR count). The van der Waals surface area contributed by atoms with Crippen molar-refractivity contribution in [3.63, 3.8) is 0 Å². The zero-order valence-corrected chi connectivity index (χ0v) is 16.4. The van der Waals surface area contributed by atoms with Gasteiger partial charge in [-0.05, 0) is 74.0 Å². The summed E-state index contributed by atoms with van der Waals surface area (Å²) < 4.78 is 33.3. The van der Waals surface area contributed by atoms with Crippen LogP contribution in [0.4, 0.5) is 8.78 Å². The lowest BCUT2D eigenvalue weighted by atomic mass is 9.86. The molecule has 2 aliphatic rings. The number of fused-ring (bicyclic) bond motifs is 4. The van der Waals surface area contributed by atoms with Crippen LogP contribution in [0.1, 0.15) is 33.6 Å². The number of carbonyl (C=O) groups is 1. The third kappa shape index (κ3) is 3.33. The number of halogens is 2. The van der Waals surface area contributed by atoms with Gasteiger partial charge in [-0.1, -0.05) is 0 Å². The number of aryl methyl sites for hydroxylation is 1. The lowest BCUT2D eigenvalue weighted by Crippen LogP contribution is -2.43. The summed E-state index contributed by atoms with van der Waals surface area (Å²) in [5.74, 6) is -0.691. The Kier molecular flexibility index (Phi) is 4.70. The van der Waals surface area contributed by atoms with Gasteiger partial charge in [-0.25, -0.2) is 8.78 Å². The number of aromatic amines is 1. The number of carbonyl (C=O) groups excluding carboxylic acids is 1. The molecule has 1 aromatic heterocycles. The van der Waals surface area contributed by atoms with Gasteiger partial charge in [0.1, 0.15) is 12.4 Å². The Balaban J connectivity index is 1.27. The average molecular weight is 411 g/mol. The lowest BCUT2D eigenvalue weighted by Gasteiger charge is -2.30. The van der Waals surface area contributed by atoms with E-state index in [1.807, 2.05) is 0 Å². The summed E-state index contributed by atoms with van der Waals surface area (Å²) in [6.45, 7) is 1.13. The fourth-order valence-corrected chi connectivity index (χ4v) is 4.79. The zero-order valence-electron chi connectivity index (χ0n) is 16.4. The Bertz CT molecular complexity index is 1140. The van der Waals surface area contributed by atoms with E-state index >= 15 is 0 Å². The van der Waals surface area contributed by atoms with Gasteiger partial charge in [0.2, 0.25) is 5.91 Å². The topological polar surface area (TPSA) is 80.1 Å². The predicted octanol–water partition coefficient (Wildman–Crippen LogP) is 3.24. The van der Waals surface area contributed by atoms with Gasteiger partial charge in [-0.15, -0.1) is 0 Å². The van der Waals surface area contributed by atoms with Crippen molar-refractivity contribution < 1.29 is 18.3 Å². The molecule has 0 spiro atoms. The van der Waals surface area contributed by atoms with Crippen molar-refractivity contribution in [2.75, 3.05) is 13.2 Å². The first-order valence-electron chi connectivity index (χ1n) is 10.3. The van der Waals surface area contributed by atoms with Crippen LogP contribution in [-0.4, -0.2) is 30.1 Å². The van der Waals surface area contributed by atoms with E-state index in [1.54, 1.807) is 12.1 Å². The Morgan fingerprint density at radius 3 is 2.90 bits per heavy atom. The van der Waals surface area contributed by atoms with Crippen molar-refractivity contribution in [1.82, 2.24) is 10.3 Å². The minimum Gasteiger partial charge on any atom is -0.489 e. The molecule has 7 heteroatoms. The molecular weight excluding hydrogens is 388 g/mol. The monoisotopic (exact) mass is 411 g/mol. The quantitative estimate of drug-likeness (QED) is 0.617. The first-order chi connectivity index (χ1) is 14.5. The van der Waals surface area contributed by atoms with Crippen LogP contribution in [0.25, 0.3) is 10.9 Å². The number of nitrogens with two attached hydrogens (primary N) is 1. The molecule has 2 heterocycles. The molecule has 2 aromatic carbocycles. The Morgan fingerprint density at radius 2 is 2.07 bits per heavy atom. The highest BCUT2D eigenvalue weighted by Gasteiger charge is 2.28. The number of hydrogen-bond acceptors (Lipinski definition) is 3. The van der Waals surface area contributed by atoms with E-state index in [9.17, 15) is 13.6 Å². The third-order valence-electron chi connectivity index (χ3n) is 6.30. The first kappa shape index (κ1) is 19.1. The molecule has 156 valence electrons. The number of aromatic nitrogens is 1. The Labute approximate surface area is 172 Å². The highest BCUT2D eigenvalue weighted by Crippen LogP contribution is 2.33. The van der Waals surface area contributed by atoms with Crippen LogP contribution in [0.15, 0.2) is 30.3 Å². The minimum absolute atomic E-state index is 0.0180. The third-order valence-corrected chi connectivity index (χ3v) is 6.30. The molecule has 4 N–H and O–H groups in total. The number of primary amides is 1. The van der Waals surface area contributed by atoms with E-state index in [2.05, 4.69) is 10.3 Å². The lowest BCUT2D eigenvalue weighted by molar-refractivity contribution is 0.0997. The maximum absolute atomic E-state index is 14.0. The molecule has 30 heavy (non-hydrogen) atoms. The van der Waals surface area contributed by atoms with E-state index in [1.165, 1.54) is 29.5 Å². The largest absolute Gasteiger partial charge is 0.489 e. The van der Waals surface area contributed by atoms with Crippen molar-refractivity contribution in [1.29, 1.82) is 0 Å². The number of ether oxygens (including phenoxy) is 1. The molecule has 0 bridgehead atoms. The van der Waals surface area contributed by atoms with Gasteiger partial charge < -0.3 is 20.8 Å². The standard InChI is InChI=1S/C23H23F2N3O2/c24-13-2-6-20-17(8-13)15-3-1-12(7-21(15)28-20)10-27-14-9-18-16(23(26)29)4-5-19(25)22(18)30-11-14/h2,4-6,8,12,14,27-28H,1,3,7,9-11H2,(H2,26,29)/t12?,14-/m1/s1. The molecule has 3 aromatic rings. The molecule has 0 saturated carbocycles. The molecule has 1 aliphatic heterocycles. The van der Waals surface area contributed by atoms with Crippen LogP contribution in [0.5, 0.6) is 5.75 Å². The summed E-state index contributed by atoms with van der Waals surface area (Å²) in [5.41, 5.74) is 9.67. The van der Waals surface area contributed by atoms with Gasteiger partial charge in [0.15, 0.2) is 11.6 Å². The summed E-state index contributed by atoms with van der Waals surface area (Å²) in [6, 6.07) is 7.50. The van der Waals surface area contributed by atoms with Crippen LogP contribution in [0, 0.1) is 17.6 Å². The number of amides is 1. The van der Waals surface area contributed by atoms with Crippen molar-refractivity contribution in [2.45, 2.75) is 31.7 Å². The fourth-order valence-electron chi connectivity index (χ4n) is 4.79. The molecule has 1 amide bonds. The van der Waals surface area contributed by atoms with Crippen LogP contribution in [0.2, 0.25) is 0 Å². The Hall–Kier alpha value is -2.93. The van der Waals surface area contributed by atoms with Crippen LogP contribution < -0.4 is 15.8 Å². The number of nitrogens with one attached hydrogen (secondary N) is 2. The SMILES string of the molecule is NC(=O)c1ccc(F)c2c1C[C@@H](NCC1CCc3c([nH]c4ccc(F)cc34)C1)CO2. The van der Waals surface area contributed by atoms with Crippen molar-refractivity contribution >= 4 is 16.8 Å². The molecule has 0 fully saturated rings. The minimum atomic E-state index is -0.578. The maximum Gasteiger partial charge on any atom is 0.249 e. The summed E-state index contributed by atoms with van der Waals surface area (Å²) in [5, 5.41) is 4.50. The van der Waals surface area contributed by atoms with E-state index in [-0.39, 0.29) is 17.6 Å². The highest BCUT2D eigenvalue weighted by atomic mass is 19.1. The summed E-state index contributed by atoms with van der Waals surface area (Å²) in [4.78, 5) is 15.1. The number of rotatable bonds is 4. The predicted molar refractivity (Wildman–Crippen MR) is 110 cm³/mol. The summed E-state index contributed by atoms with van der Waals surface area (Å²) in [6.07, 6.45) is 3.31. The van der Waals surface area contributed by atoms with Crippen LogP contribution >= 0.6 is 0 Å². The van der Waals surface area contributed by atoms with Crippen molar-refractivity contribution in [2.24, 2.45) is 11.7 Å². The maximum atomic E-state index is 14.0. The number of hydrogen-bond donors (Lipinski definition) is 3. The van der Waals surface area contributed by atoms with E-state index < -0.39 is 11.7 Å². The van der Waals surface area contributed by atoms with Crippen molar-refractivity contribution in [3.8, 4) is 5.75 Å². The second-order valence-corrected chi connectivity index (χ2v) is 8.27. The molecule has 5 nitrogen and oxygen atoms in total. The smallest absolute Gasteiger partial charge is 0.249 e. The van der Waals surface area contributed by atoms with Crippen LogP contribution in [-0.2, 0) is 19.3 Å². The van der Waals surface area contributed by atoms with Gasteiger partial charge in [0.25, 0.3) is 0 Å². The van der Waals surface area contributed by atoms with Gasteiger partial charge in [0, 0.05) is 33.8 Å². The van der Waals surface area contributed by atoms with E-state index in [0.29, 0.717) is 30.1 Å². The normalized spacial score (nSPS) is 20.5. The molecule has 0 radical (unpaired) electrons.